The van der Waals surface area contributed by atoms with Crippen LogP contribution in [0, 0.1) is 5.41 Å². The zero-order chi connectivity index (χ0) is 25.1. The number of carbonyl (C=O) groups is 1. The summed E-state index contributed by atoms with van der Waals surface area (Å²) in [5.74, 6) is -0.286. The Kier molecular flexibility index (Phi) is 6.99. The van der Waals surface area contributed by atoms with Crippen LogP contribution in [0.25, 0.3) is 11.1 Å². The molecule has 1 aliphatic carbocycles. The molecule has 0 unspecified atom stereocenters. The quantitative estimate of drug-likeness (QED) is 0.397. The van der Waals surface area contributed by atoms with Crippen LogP contribution >= 0.6 is 0 Å². The van der Waals surface area contributed by atoms with E-state index in [0.29, 0.717) is 23.3 Å². The molecule has 3 aromatic carbocycles. The van der Waals surface area contributed by atoms with E-state index in [4.69, 9.17) is 10.5 Å². The number of nitrogens with zero attached hydrogens (tertiary/aromatic N) is 1. The molecule has 1 aliphatic heterocycles. The van der Waals surface area contributed by atoms with Gasteiger partial charge >= 0.3 is 5.97 Å². The van der Waals surface area contributed by atoms with E-state index >= 15 is 0 Å². The molecule has 2 fully saturated rings. The van der Waals surface area contributed by atoms with Crippen LogP contribution in [0.1, 0.15) is 48.4 Å². The molecule has 6 heteroatoms. The number of hydrogen-bond acceptors (Lipinski definition) is 5. The predicted octanol–water partition coefficient (Wildman–Crippen LogP) is 4.93. The van der Waals surface area contributed by atoms with Crippen LogP contribution in [0.3, 0.4) is 0 Å². The Hall–Kier alpha value is -3.35. The van der Waals surface area contributed by atoms with E-state index in [1.54, 1.807) is 6.07 Å². The van der Waals surface area contributed by atoms with Crippen LogP contribution in [0.15, 0.2) is 66.7 Å². The summed E-state index contributed by atoms with van der Waals surface area (Å²) in [6.45, 7) is 2.35. The van der Waals surface area contributed by atoms with Gasteiger partial charge in [0.15, 0.2) is 0 Å². The molecular weight excluding hydrogens is 452 g/mol. The molecule has 1 atom stereocenters. The van der Waals surface area contributed by atoms with E-state index in [9.17, 15) is 15.0 Å². The van der Waals surface area contributed by atoms with E-state index in [2.05, 4.69) is 29.2 Å². The number of carboxylic acid groups (broad SMARTS) is 1. The van der Waals surface area contributed by atoms with Crippen molar-refractivity contribution in [2.75, 3.05) is 24.6 Å². The smallest absolute Gasteiger partial charge is 0.307 e. The van der Waals surface area contributed by atoms with Gasteiger partial charge in [-0.15, -0.1) is 0 Å². The number of benzene rings is 3. The fraction of sp³-hybridized carbons (Fsp3) is 0.367. The first-order chi connectivity index (χ1) is 17.4. The van der Waals surface area contributed by atoms with Crippen molar-refractivity contribution in [1.29, 1.82) is 0 Å². The van der Waals surface area contributed by atoms with Crippen molar-refractivity contribution in [3.63, 3.8) is 0 Å². The second-order valence-corrected chi connectivity index (χ2v) is 10.3. The zero-order valence-corrected chi connectivity index (χ0v) is 20.5. The number of hydrogen-bond donors (Lipinski definition) is 3. The maximum absolute atomic E-state index is 11.3. The normalized spacial score (nSPS) is 17.1. The van der Waals surface area contributed by atoms with Crippen LogP contribution in [-0.2, 0) is 17.8 Å². The van der Waals surface area contributed by atoms with E-state index in [1.807, 2.05) is 36.4 Å². The first-order valence-electron chi connectivity index (χ1n) is 12.7. The molecule has 2 aliphatic rings. The number of piperidine rings is 1. The summed E-state index contributed by atoms with van der Waals surface area (Å²) in [6, 6.07) is 21.5. The Balaban J connectivity index is 1.44. The fourth-order valence-electron chi connectivity index (χ4n) is 5.19. The fourth-order valence-corrected chi connectivity index (χ4v) is 5.19. The van der Waals surface area contributed by atoms with Gasteiger partial charge in [0.25, 0.3) is 0 Å². The van der Waals surface area contributed by atoms with Crippen molar-refractivity contribution in [2.45, 2.75) is 44.8 Å². The minimum atomic E-state index is -0.880. The Labute approximate surface area is 212 Å². The van der Waals surface area contributed by atoms with Gasteiger partial charge in [0.05, 0.1) is 19.1 Å². The summed E-state index contributed by atoms with van der Waals surface area (Å²) in [4.78, 5) is 13.7. The highest BCUT2D eigenvalue weighted by Gasteiger charge is 2.44. The second kappa shape index (κ2) is 10.3. The highest BCUT2D eigenvalue weighted by Crippen LogP contribution is 2.54. The van der Waals surface area contributed by atoms with Crippen molar-refractivity contribution >= 4 is 11.7 Å². The van der Waals surface area contributed by atoms with Crippen LogP contribution in [0.2, 0.25) is 0 Å². The lowest BCUT2D eigenvalue weighted by Gasteiger charge is -2.34. The maximum Gasteiger partial charge on any atom is 0.307 e. The van der Waals surface area contributed by atoms with Crippen molar-refractivity contribution in [3.8, 4) is 16.9 Å². The van der Waals surface area contributed by atoms with Gasteiger partial charge in [-0.1, -0.05) is 36.4 Å². The number of nitrogens with two attached hydrogens (primary N) is 1. The third-order valence-corrected chi connectivity index (χ3v) is 7.68. The molecule has 0 amide bonds. The van der Waals surface area contributed by atoms with E-state index in [0.717, 1.165) is 35.3 Å². The highest BCUT2D eigenvalue weighted by atomic mass is 16.5. The second-order valence-electron chi connectivity index (χ2n) is 10.3. The number of aliphatic carboxylic acids is 1. The minimum Gasteiger partial charge on any atom is -0.489 e. The van der Waals surface area contributed by atoms with Crippen LogP contribution in [0.4, 0.5) is 5.69 Å². The van der Waals surface area contributed by atoms with E-state index in [-0.39, 0.29) is 13.0 Å². The molecule has 3 aromatic rings. The molecule has 1 heterocycles. The Morgan fingerprint density at radius 3 is 2.47 bits per heavy atom. The van der Waals surface area contributed by atoms with Crippen molar-refractivity contribution in [2.24, 2.45) is 11.1 Å². The van der Waals surface area contributed by atoms with Crippen molar-refractivity contribution < 1.29 is 19.7 Å². The van der Waals surface area contributed by atoms with Gasteiger partial charge in [-0.05, 0) is 83.7 Å². The van der Waals surface area contributed by atoms with Crippen molar-refractivity contribution in [1.82, 2.24) is 0 Å². The average Bonchev–Trinajstić information content (AvgIpc) is 3.66. The molecule has 1 spiro atoms. The molecule has 1 saturated heterocycles. The minimum absolute atomic E-state index is 0.0745. The number of aliphatic hydroxyl groups excluding tert-OH is 1. The molecule has 188 valence electrons. The molecule has 0 aromatic heterocycles. The van der Waals surface area contributed by atoms with Gasteiger partial charge in [0, 0.05) is 24.3 Å². The topological polar surface area (TPSA) is 96.0 Å². The highest BCUT2D eigenvalue weighted by molar-refractivity contribution is 5.72. The van der Waals surface area contributed by atoms with Gasteiger partial charge in [-0.25, -0.2) is 0 Å². The van der Waals surface area contributed by atoms with Crippen LogP contribution < -0.4 is 15.4 Å². The molecule has 0 radical (unpaired) electrons. The van der Waals surface area contributed by atoms with Crippen LogP contribution in [-0.4, -0.2) is 35.9 Å². The third kappa shape index (κ3) is 5.55. The number of aliphatic hydroxyl groups is 1. The van der Waals surface area contributed by atoms with Gasteiger partial charge < -0.3 is 25.6 Å². The largest absolute Gasteiger partial charge is 0.489 e. The lowest BCUT2D eigenvalue weighted by molar-refractivity contribution is -0.136. The van der Waals surface area contributed by atoms with Gasteiger partial charge in [0.2, 0.25) is 0 Å². The zero-order valence-electron chi connectivity index (χ0n) is 20.5. The molecule has 6 nitrogen and oxygen atoms in total. The molecule has 0 bridgehead atoms. The lowest BCUT2D eigenvalue weighted by Crippen LogP contribution is -2.34. The summed E-state index contributed by atoms with van der Waals surface area (Å²) in [5, 5.41) is 18.8. The summed E-state index contributed by atoms with van der Waals surface area (Å²) in [6.07, 6.45) is 5.15. The van der Waals surface area contributed by atoms with E-state index in [1.165, 1.54) is 31.4 Å². The standard InChI is InChI=1S/C30H34N2O4/c31-27(19-33)23-6-3-5-22(16-23)25-14-21(20-36-28-7-2-1-4-24(28)18-29(34)35)15-26(17-25)32-12-10-30(8-9-30)11-13-32/h1-7,14-17,27,33H,8-13,18-20,31H2,(H,34,35)/t27-/m1/s1. The van der Waals surface area contributed by atoms with Crippen molar-refractivity contribution in [3.05, 3.63) is 83.4 Å². The first-order valence-corrected chi connectivity index (χ1v) is 12.7. The molecular formula is C30H34N2O4. The predicted molar refractivity (Wildman–Crippen MR) is 141 cm³/mol. The van der Waals surface area contributed by atoms with Crippen LogP contribution in [0.5, 0.6) is 5.75 Å². The number of anilines is 1. The van der Waals surface area contributed by atoms with E-state index < -0.39 is 12.0 Å². The molecule has 36 heavy (non-hydrogen) atoms. The van der Waals surface area contributed by atoms with Gasteiger partial charge in [0.1, 0.15) is 12.4 Å². The molecule has 4 N–H and O–H groups in total. The van der Waals surface area contributed by atoms with Gasteiger partial charge in [-0.2, -0.15) is 0 Å². The molecule has 1 saturated carbocycles. The monoisotopic (exact) mass is 486 g/mol. The lowest BCUT2D eigenvalue weighted by atomic mass is 9.92. The average molecular weight is 487 g/mol. The summed E-state index contributed by atoms with van der Waals surface area (Å²) in [5.41, 5.74) is 12.6. The number of para-hydroxylation sites is 1. The number of carboxylic acids is 1. The summed E-state index contributed by atoms with van der Waals surface area (Å²) in [7, 11) is 0. The Bertz CT molecular complexity index is 1230. The number of ether oxygens (including phenoxy) is 1. The summed E-state index contributed by atoms with van der Waals surface area (Å²) >= 11 is 0. The Morgan fingerprint density at radius 1 is 0.972 bits per heavy atom. The third-order valence-electron chi connectivity index (χ3n) is 7.68. The van der Waals surface area contributed by atoms with Gasteiger partial charge in [-0.3, -0.25) is 4.79 Å². The maximum atomic E-state index is 11.3. The molecule has 5 rings (SSSR count). The first kappa shape index (κ1) is 24.3. The summed E-state index contributed by atoms with van der Waals surface area (Å²) < 4.78 is 6.14. The Morgan fingerprint density at radius 2 is 1.75 bits per heavy atom. The SMILES string of the molecule is N[C@H](CO)c1cccc(-c2cc(COc3ccccc3CC(=O)O)cc(N3CCC4(CC3)CC4)c2)c1. The number of rotatable bonds is 9.